The predicted molar refractivity (Wildman–Crippen MR) is 63.0 cm³/mol. The van der Waals surface area contributed by atoms with Crippen LogP contribution >= 0.6 is 15.9 Å². The Morgan fingerprint density at radius 2 is 2.33 bits per heavy atom. The standard InChI is InChI=1S/C11H11BrN2O/c1-14(6-2-5-13)11-7-10(12)4-3-9(11)8-15/h3-4,7-8H,2,6H2,1H3. The Bertz CT molecular complexity index is 398. The summed E-state index contributed by atoms with van der Waals surface area (Å²) >= 11 is 3.35. The van der Waals surface area contributed by atoms with Crippen LogP contribution in [0.3, 0.4) is 0 Å². The number of anilines is 1. The van der Waals surface area contributed by atoms with Gasteiger partial charge < -0.3 is 4.90 Å². The first kappa shape index (κ1) is 11.7. The highest BCUT2D eigenvalue weighted by molar-refractivity contribution is 9.10. The molecule has 0 aliphatic heterocycles. The summed E-state index contributed by atoms with van der Waals surface area (Å²) in [5.74, 6) is 0. The van der Waals surface area contributed by atoms with Crippen molar-refractivity contribution in [1.29, 1.82) is 5.26 Å². The van der Waals surface area contributed by atoms with Crippen molar-refractivity contribution in [2.24, 2.45) is 0 Å². The monoisotopic (exact) mass is 266 g/mol. The largest absolute Gasteiger partial charge is 0.373 e. The molecule has 1 aromatic rings. The topological polar surface area (TPSA) is 44.1 Å². The molecule has 0 N–H and O–H groups in total. The number of benzene rings is 1. The summed E-state index contributed by atoms with van der Waals surface area (Å²) in [6.07, 6.45) is 1.27. The molecule has 3 nitrogen and oxygen atoms in total. The average molecular weight is 267 g/mol. The van der Waals surface area contributed by atoms with Crippen molar-refractivity contribution in [3.63, 3.8) is 0 Å². The Balaban J connectivity index is 2.95. The molecular formula is C11H11BrN2O. The third-order valence-electron chi connectivity index (χ3n) is 2.09. The van der Waals surface area contributed by atoms with E-state index < -0.39 is 0 Å². The number of nitrogens with zero attached hydrogens (tertiary/aromatic N) is 2. The number of aldehydes is 1. The molecular weight excluding hydrogens is 256 g/mol. The molecule has 15 heavy (non-hydrogen) atoms. The highest BCUT2D eigenvalue weighted by Gasteiger charge is 2.06. The van der Waals surface area contributed by atoms with E-state index in [1.54, 1.807) is 6.07 Å². The van der Waals surface area contributed by atoms with E-state index in [4.69, 9.17) is 5.26 Å². The fourth-order valence-electron chi connectivity index (χ4n) is 1.29. The van der Waals surface area contributed by atoms with Crippen molar-refractivity contribution in [1.82, 2.24) is 0 Å². The van der Waals surface area contributed by atoms with E-state index in [2.05, 4.69) is 22.0 Å². The molecule has 0 unspecified atom stereocenters. The molecule has 0 amide bonds. The maximum Gasteiger partial charge on any atom is 0.152 e. The average Bonchev–Trinajstić information content (AvgIpc) is 2.25. The number of nitriles is 1. The van der Waals surface area contributed by atoms with Gasteiger partial charge in [-0.2, -0.15) is 5.26 Å². The molecule has 0 heterocycles. The van der Waals surface area contributed by atoms with E-state index in [0.29, 0.717) is 18.5 Å². The van der Waals surface area contributed by atoms with Crippen molar-refractivity contribution >= 4 is 27.9 Å². The van der Waals surface area contributed by atoms with Crippen LogP contribution in [0.5, 0.6) is 0 Å². The smallest absolute Gasteiger partial charge is 0.152 e. The van der Waals surface area contributed by atoms with Crippen molar-refractivity contribution in [3.05, 3.63) is 28.2 Å². The molecule has 1 rings (SSSR count). The molecule has 0 saturated heterocycles. The Morgan fingerprint density at radius 3 is 2.93 bits per heavy atom. The second kappa shape index (κ2) is 5.52. The zero-order chi connectivity index (χ0) is 11.3. The molecule has 0 atom stereocenters. The van der Waals surface area contributed by atoms with Gasteiger partial charge in [0.05, 0.1) is 12.5 Å². The first-order chi connectivity index (χ1) is 7.19. The highest BCUT2D eigenvalue weighted by atomic mass is 79.9. The SMILES string of the molecule is CN(CCC#N)c1cc(Br)ccc1C=O. The van der Waals surface area contributed by atoms with E-state index in [9.17, 15) is 4.79 Å². The van der Waals surface area contributed by atoms with E-state index in [1.165, 1.54) is 0 Å². The van der Waals surface area contributed by atoms with Crippen molar-refractivity contribution in [2.45, 2.75) is 6.42 Å². The number of rotatable bonds is 4. The lowest BCUT2D eigenvalue weighted by molar-refractivity contribution is 0.112. The van der Waals surface area contributed by atoms with Crippen LogP contribution in [0.15, 0.2) is 22.7 Å². The van der Waals surface area contributed by atoms with Crippen LogP contribution in [0.4, 0.5) is 5.69 Å². The molecule has 0 spiro atoms. The number of halogens is 1. The summed E-state index contributed by atoms with van der Waals surface area (Å²) in [5, 5.41) is 8.49. The molecule has 0 fully saturated rings. The summed E-state index contributed by atoms with van der Waals surface area (Å²) in [5.41, 5.74) is 1.48. The first-order valence-electron chi connectivity index (χ1n) is 4.52. The van der Waals surface area contributed by atoms with Crippen molar-refractivity contribution in [3.8, 4) is 6.07 Å². The number of hydrogen-bond acceptors (Lipinski definition) is 3. The highest BCUT2D eigenvalue weighted by Crippen LogP contribution is 2.23. The van der Waals surface area contributed by atoms with Gasteiger partial charge in [-0.1, -0.05) is 15.9 Å². The van der Waals surface area contributed by atoms with Gasteiger partial charge in [-0.25, -0.2) is 0 Å². The predicted octanol–water partition coefficient (Wildman–Crippen LogP) is 2.61. The molecule has 0 aromatic heterocycles. The minimum absolute atomic E-state index is 0.446. The normalized spacial score (nSPS) is 9.40. The minimum atomic E-state index is 0.446. The fourth-order valence-corrected chi connectivity index (χ4v) is 1.63. The Hall–Kier alpha value is -1.34. The lowest BCUT2D eigenvalue weighted by Gasteiger charge is -2.19. The van der Waals surface area contributed by atoms with Crippen LogP contribution in [0, 0.1) is 11.3 Å². The summed E-state index contributed by atoms with van der Waals surface area (Å²) in [6, 6.07) is 7.54. The summed E-state index contributed by atoms with van der Waals surface area (Å²) < 4.78 is 0.923. The van der Waals surface area contributed by atoms with Gasteiger partial charge >= 0.3 is 0 Å². The molecule has 1 aromatic carbocycles. The third kappa shape index (κ3) is 3.07. The number of carbonyl (C=O) groups is 1. The first-order valence-corrected chi connectivity index (χ1v) is 5.31. The molecule has 0 saturated carbocycles. The van der Waals surface area contributed by atoms with Crippen LogP contribution in [0.1, 0.15) is 16.8 Å². The molecule has 0 radical (unpaired) electrons. The van der Waals surface area contributed by atoms with Gasteiger partial charge in [-0.15, -0.1) is 0 Å². The fraction of sp³-hybridized carbons (Fsp3) is 0.273. The summed E-state index contributed by atoms with van der Waals surface area (Å²) in [7, 11) is 1.87. The quantitative estimate of drug-likeness (QED) is 0.787. The van der Waals surface area contributed by atoms with Gasteiger partial charge in [-0.3, -0.25) is 4.79 Å². The van der Waals surface area contributed by atoms with Gasteiger partial charge in [-0.05, 0) is 18.2 Å². The molecule has 4 heteroatoms. The van der Waals surface area contributed by atoms with Crippen molar-refractivity contribution in [2.75, 3.05) is 18.5 Å². The Morgan fingerprint density at radius 1 is 1.60 bits per heavy atom. The Labute approximate surface area is 97.4 Å². The van der Waals surface area contributed by atoms with E-state index >= 15 is 0 Å². The van der Waals surface area contributed by atoms with E-state index in [0.717, 1.165) is 16.4 Å². The maximum atomic E-state index is 10.8. The van der Waals surface area contributed by atoms with Gasteiger partial charge in [0.25, 0.3) is 0 Å². The molecule has 0 bridgehead atoms. The van der Waals surface area contributed by atoms with E-state index in [1.807, 2.05) is 24.1 Å². The van der Waals surface area contributed by atoms with Crippen molar-refractivity contribution < 1.29 is 4.79 Å². The zero-order valence-corrected chi connectivity index (χ0v) is 9.99. The minimum Gasteiger partial charge on any atom is -0.373 e. The number of hydrogen-bond donors (Lipinski definition) is 0. The lowest BCUT2D eigenvalue weighted by Crippen LogP contribution is -2.19. The van der Waals surface area contributed by atoms with Gasteiger partial charge in [0.1, 0.15) is 0 Å². The Kier molecular flexibility index (Phi) is 4.32. The molecule has 0 aliphatic rings. The third-order valence-corrected chi connectivity index (χ3v) is 2.58. The second-order valence-electron chi connectivity index (χ2n) is 3.15. The second-order valence-corrected chi connectivity index (χ2v) is 4.07. The van der Waals surface area contributed by atoms with Crippen LogP contribution in [-0.4, -0.2) is 19.9 Å². The number of carbonyl (C=O) groups excluding carboxylic acids is 1. The maximum absolute atomic E-state index is 10.8. The summed E-state index contributed by atoms with van der Waals surface area (Å²) in [6.45, 7) is 0.619. The van der Waals surface area contributed by atoms with Gasteiger partial charge in [0.15, 0.2) is 6.29 Å². The molecule has 0 aliphatic carbocycles. The van der Waals surface area contributed by atoms with Crippen LogP contribution in [-0.2, 0) is 0 Å². The van der Waals surface area contributed by atoms with Gasteiger partial charge in [0.2, 0.25) is 0 Å². The van der Waals surface area contributed by atoms with Crippen LogP contribution < -0.4 is 4.90 Å². The van der Waals surface area contributed by atoms with Crippen LogP contribution in [0.2, 0.25) is 0 Å². The lowest BCUT2D eigenvalue weighted by atomic mass is 10.2. The molecule has 78 valence electrons. The zero-order valence-electron chi connectivity index (χ0n) is 8.40. The van der Waals surface area contributed by atoms with Gasteiger partial charge in [0, 0.05) is 29.3 Å². The van der Waals surface area contributed by atoms with Crippen LogP contribution in [0.25, 0.3) is 0 Å². The summed E-state index contributed by atoms with van der Waals surface area (Å²) in [4.78, 5) is 12.7. The van der Waals surface area contributed by atoms with E-state index in [-0.39, 0.29) is 0 Å².